The number of nitrogens with one attached hydrogen (secondary N) is 1. The average molecular weight is 264 g/mol. The zero-order valence-electron chi connectivity index (χ0n) is 10.6. The molecule has 1 saturated carbocycles. The number of carbonyl (C=O) groups excluding carboxylic acids is 1. The molecule has 18 heavy (non-hydrogen) atoms. The fraction of sp³-hybridized carbons (Fsp3) is 0.643. The van der Waals surface area contributed by atoms with Gasteiger partial charge in [-0.3, -0.25) is 4.79 Å². The Morgan fingerprint density at radius 1 is 1.33 bits per heavy atom. The Labute approximate surface area is 112 Å². The van der Waals surface area contributed by atoms with Crippen molar-refractivity contribution in [3.05, 3.63) is 22.4 Å². The van der Waals surface area contributed by atoms with Crippen LogP contribution in [0.1, 0.15) is 36.0 Å². The summed E-state index contributed by atoms with van der Waals surface area (Å²) in [5, 5.41) is 7.56. The van der Waals surface area contributed by atoms with Crippen LogP contribution in [0.2, 0.25) is 0 Å². The molecule has 1 aliphatic heterocycles. The van der Waals surface area contributed by atoms with Gasteiger partial charge in [0.1, 0.15) is 0 Å². The van der Waals surface area contributed by atoms with Gasteiger partial charge < -0.3 is 10.2 Å². The van der Waals surface area contributed by atoms with Gasteiger partial charge >= 0.3 is 0 Å². The summed E-state index contributed by atoms with van der Waals surface area (Å²) in [5.41, 5.74) is 0.851. The standard InChI is InChI=1S/C14H20N2OS/c17-14(12-5-8-18-10-12)16-6-3-13(4-7-16)15-9-11-1-2-11/h5,8,10-11,13,15H,1-4,6-7,9H2. The molecule has 0 atom stereocenters. The molecule has 2 fully saturated rings. The van der Waals surface area contributed by atoms with Crippen molar-refractivity contribution < 1.29 is 4.79 Å². The van der Waals surface area contributed by atoms with Crippen molar-refractivity contribution in [1.82, 2.24) is 10.2 Å². The van der Waals surface area contributed by atoms with Crippen molar-refractivity contribution in [2.45, 2.75) is 31.7 Å². The first kappa shape index (κ1) is 12.2. The zero-order chi connectivity index (χ0) is 12.4. The van der Waals surface area contributed by atoms with Crippen molar-refractivity contribution in [1.29, 1.82) is 0 Å². The molecule has 0 radical (unpaired) electrons. The van der Waals surface area contributed by atoms with Crippen LogP contribution >= 0.6 is 11.3 Å². The highest BCUT2D eigenvalue weighted by Gasteiger charge is 2.26. The average Bonchev–Trinajstić information content (AvgIpc) is 3.08. The quantitative estimate of drug-likeness (QED) is 0.905. The maximum Gasteiger partial charge on any atom is 0.254 e. The first-order chi connectivity index (χ1) is 8.83. The van der Waals surface area contributed by atoms with Gasteiger partial charge in [0.05, 0.1) is 5.56 Å². The van der Waals surface area contributed by atoms with Gasteiger partial charge in [0.15, 0.2) is 0 Å². The number of rotatable bonds is 4. The summed E-state index contributed by atoms with van der Waals surface area (Å²) in [6.07, 6.45) is 5.01. The summed E-state index contributed by atoms with van der Waals surface area (Å²) in [5.74, 6) is 1.15. The Balaban J connectivity index is 1.45. The van der Waals surface area contributed by atoms with E-state index < -0.39 is 0 Å². The van der Waals surface area contributed by atoms with Crippen molar-refractivity contribution in [2.24, 2.45) is 5.92 Å². The van der Waals surface area contributed by atoms with E-state index in [9.17, 15) is 4.79 Å². The van der Waals surface area contributed by atoms with Gasteiger partial charge in [0.25, 0.3) is 5.91 Å². The summed E-state index contributed by atoms with van der Waals surface area (Å²) < 4.78 is 0. The number of piperidine rings is 1. The third-order valence-corrected chi connectivity index (χ3v) is 4.63. The highest BCUT2D eigenvalue weighted by Crippen LogP contribution is 2.28. The second kappa shape index (κ2) is 5.41. The van der Waals surface area contributed by atoms with Crippen LogP contribution in [0.3, 0.4) is 0 Å². The SMILES string of the molecule is O=C(c1ccsc1)N1CCC(NCC2CC2)CC1. The predicted molar refractivity (Wildman–Crippen MR) is 74.0 cm³/mol. The third-order valence-electron chi connectivity index (χ3n) is 3.94. The Kier molecular flexibility index (Phi) is 3.66. The number of hydrogen-bond donors (Lipinski definition) is 1. The van der Waals surface area contributed by atoms with Gasteiger partial charge in [-0.1, -0.05) is 0 Å². The summed E-state index contributed by atoms with van der Waals surface area (Å²) >= 11 is 1.59. The smallest absolute Gasteiger partial charge is 0.254 e. The number of nitrogens with zero attached hydrogens (tertiary/aromatic N) is 1. The summed E-state index contributed by atoms with van der Waals surface area (Å²) in [6.45, 7) is 2.98. The van der Waals surface area contributed by atoms with Crippen LogP contribution in [-0.2, 0) is 0 Å². The van der Waals surface area contributed by atoms with Crippen LogP contribution in [0.4, 0.5) is 0 Å². The highest BCUT2D eigenvalue weighted by atomic mass is 32.1. The molecule has 1 saturated heterocycles. The minimum atomic E-state index is 0.205. The van der Waals surface area contributed by atoms with Crippen LogP contribution in [0.5, 0.6) is 0 Å². The molecule has 1 amide bonds. The first-order valence-corrected chi connectivity index (χ1v) is 7.82. The van der Waals surface area contributed by atoms with E-state index in [0.717, 1.165) is 37.4 Å². The summed E-state index contributed by atoms with van der Waals surface area (Å²) in [4.78, 5) is 14.2. The van der Waals surface area contributed by atoms with Gasteiger partial charge in [-0.15, -0.1) is 0 Å². The first-order valence-electron chi connectivity index (χ1n) is 6.88. The normalized spacial score (nSPS) is 21.2. The fourth-order valence-corrected chi connectivity index (χ4v) is 3.14. The second-order valence-electron chi connectivity index (χ2n) is 5.43. The zero-order valence-corrected chi connectivity index (χ0v) is 11.4. The molecule has 1 aliphatic carbocycles. The molecule has 1 aromatic rings. The van der Waals surface area contributed by atoms with E-state index in [0.29, 0.717) is 6.04 Å². The number of likely N-dealkylation sites (tertiary alicyclic amines) is 1. The Morgan fingerprint density at radius 3 is 2.72 bits per heavy atom. The van der Waals surface area contributed by atoms with E-state index in [1.807, 2.05) is 21.7 Å². The number of thiophene rings is 1. The number of hydrogen-bond acceptors (Lipinski definition) is 3. The maximum atomic E-state index is 12.2. The maximum absolute atomic E-state index is 12.2. The molecule has 0 unspecified atom stereocenters. The molecule has 3 nitrogen and oxygen atoms in total. The van der Waals surface area contributed by atoms with Gasteiger partial charge in [-0.25, -0.2) is 0 Å². The lowest BCUT2D eigenvalue weighted by Crippen LogP contribution is -2.45. The van der Waals surface area contributed by atoms with Crippen molar-refractivity contribution in [3.8, 4) is 0 Å². The molecular formula is C14H20N2OS. The lowest BCUT2D eigenvalue weighted by atomic mass is 10.0. The molecule has 1 N–H and O–H groups in total. The van der Waals surface area contributed by atoms with E-state index >= 15 is 0 Å². The topological polar surface area (TPSA) is 32.3 Å². The van der Waals surface area contributed by atoms with Crippen molar-refractivity contribution in [2.75, 3.05) is 19.6 Å². The van der Waals surface area contributed by atoms with E-state index in [1.165, 1.54) is 19.4 Å². The summed E-state index contributed by atoms with van der Waals surface area (Å²) in [7, 11) is 0. The van der Waals surface area contributed by atoms with E-state index in [-0.39, 0.29) is 5.91 Å². The van der Waals surface area contributed by atoms with E-state index in [1.54, 1.807) is 11.3 Å². The molecule has 4 heteroatoms. The van der Waals surface area contributed by atoms with Gasteiger partial charge in [-0.05, 0) is 49.6 Å². The molecule has 0 spiro atoms. The second-order valence-corrected chi connectivity index (χ2v) is 6.21. The van der Waals surface area contributed by atoms with Gasteiger partial charge in [-0.2, -0.15) is 11.3 Å². The van der Waals surface area contributed by atoms with Crippen LogP contribution in [0.15, 0.2) is 16.8 Å². The predicted octanol–water partition coefficient (Wildman–Crippen LogP) is 2.35. The van der Waals surface area contributed by atoms with Crippen LogP contribution in [-0.4, -0.2) is 36.5 Å². The minimum Gasteiger partial charge on any atom is -0.339 e. The monoisotopic (exact) mass is 264 g/mol. The molecular weight excluding hydrogens is 244 g/mol. The number of carbonyl (C=O) groups is 1. The molecule has 2 aliphatic rings. The fourth-order valence-electron chi connectivity index (χ4n) is 2.51. The van der Waals surface area contributed by atoms with E-state index in [4.69, 9.17) is 0 Å². The van der Waals surface area contributed by atoms with Crippen LogP contribution in [0, 0.1) is 5.92 Å². The summed E-state index contributed by atoms with van der Waals surface area (Å²) in [6, 6.07) is 2.54. The van der Waals surface area contributed by atoms with Crippen molar-refractivity contribution in [3.63, 3.8) is 0 Å². The molecule has 0 aromatic carbocycles. The Hall–Kier alpha value is -0.870. The van der Waals surface area contributed by atoms with Crippen LogP contribution in [0.25, 0.3) is 0 Å². The third kappa shape index (κ3) is 2.93. The largest absolute Gasteiger partial charge is 0.339 e. The Bertz CT molecular complexity index is 392. The highest BCUT2D eigenvalue weighted by molar-refractivity contribution is 7.08. The molecule has 98 valence electrons. The number of amides is 1. The van der Waals surface area contributed by atoms with Crippen molar-refractivity contribution >= 4 is 17.2 Å². The molecule has 1 aromatic heterocycles. The van der Waals surface area contributed by atoms with Gasteiger partial charge in [0, 0.05) is 24.5 Å². The van der Waals surface area contributed by atoms with E-state index in [2.05, 4.69) is 5.32 Å². The van der Waals surface area contributed by atoms with Crippen LogP contribution < -0.4 is 5.32 Å². The minimum absolute atomic E-state index is 0.205. The lowest BCUT2D eigenvalue weighted by molar-refractivity contribution is 0.0705. The lowest BCUT2D eigenvalue weighted by Gasteiger charge is -2.32. The van der Waals surface area contributed by atoms with Gasteiger partial charge in [0.2, 0.25) is 0 Å². The molecule has 2 heterocycles. The molecule has 0 bridgehead atoms. The molecule has 3 rings (SSSR count). The Morgan fingerprint density at radius 2 is 2.11 bits per heavy atom.